The number of amides is 1. The van der Waals surface area contributed by atoms with E-state index in [0.29, 0.717) is 31.1 Å². The average Bonchev–Trinajstić information content (AvgIpc) is 2.87. The van der Waals surface area contributed by atoms with Crippen molar-refractivity contribution in [3.8, 4) is 5.88 Å². The number of thioether (sulfide) groups is 1. The number of nitrogens with zero attached hydrogens (tertiary/aromatic N) is 2. The number of hydrogen-bond acceptors (Lipinski definition) is 6. The van der Waals surface area contributed by atoms with Crippen LogP contribution in [0.3, 0.4) is 0 Å². The molecule has 0 aromatic carbocycles. The van der Waals surface area contributed by atoms with E-state index in [1.54, 1.807) is 27.7 Å². The van der Waals surface area contributed by atoms with Crippen molar-refractivity contribution in [2.45, 2.75) is 20.4 Å². The normalized spacial score (nSPS) is 17.6. The van der Waals surface area contributed by atoms with E-state index in [0.717, 1.165) is 0 Å². The van der Waals surface area contributed by atoms with Crippen molar-refractivity contribution < 1.29 is 9.90 Å². The Kier molecular flexibility index (Phi) is 5.37. The van der Waals surface area contributed by atoms with E-state index in [1.807, 2.05) is 13.8 Å². The van der Waals surface area contributed by atoms with Gasteiger partial charge in [0.15, 0.2) is 3.95 Å². The minimum Gasteiger partial charge on any atom is -0.859 e. The van der Waals surface area contributed by atoms with E-state index in [-0.39, 0.29) is 11.8 Å². The molecule has 1 aliphatic heterocycles. The van der Waals surface area contributed by atoms with Gasteiger partial charge in [0.2, 0.25) is 0 Å². The highest BCUT2D eigenvalue weighted by atomic mass is 32.2. The molecule has 1 saturated heterocycles. The maximum Gasteiger partial charge on any atom is 0.266 e. The molecule has 8 heteroatoms. The fourth-order valence-electron chi connectivity index (χ4n) is 1.80. The number of thiazole rings is 1. The van der Waals surface area contributed by atoms with Gasteiger partial charge in [-0.15, -0.1) is 11.3 Å². The third-order valence-corrected chi connectivity index (χ3v) is 5.67. The van der Waals surface area contributed by atoms with Gasteiger partial charge in [-0.3, -0.25) is 9.69 Å². The Hall–Kier alpha value is -0.960. The van der Waals surface area contributed by atoms with Crippen molar-refractivity contribution in [3.05, 3.63) is 25.9 Å². The van der Waals surface area contributed by atoms with Gasteiger partial charge in [0, 0.05) is 18.0 Å². The maximum absolute atomic E-state index is 12.0. The molecule has 1 aromatic rings. The molecule has 0 atom stereocenters. The summed E-state index contributed by atoms with van der Waals surface area (Å²) in [5.41, 5.74) is 0. The van der Waals surface area contributed by atoms with E-state index in [2.05, 4.69) is 0 Å². The Morgan fingerprint density at radius 2 is 2.00 bits per heavy atom. The molecule has 1 amide bonds. The van der Waals surface area contributed by atoms with Gasteiger partial charge in [0.1, 0.15) is 4.32 Å². The van der Waals surface area contributed by atoms with Crippen molar-refractivity contribution in [2.24, 2.45) is 0 Å². The van der Waals surface area contributed by atoms with Crippen molar-refractivity contribution in [1.82, 2.24) is 9.47 Å². The topological polar surface area (TPSA) is 48.3 Å². The fourth-order valence-corrected chi connectivity index (χ4v) is 4.47. The van der Waals surface area contributed by atoms with E-state index in [1.165, 1.54) is 23.1 Å². The number of hydrogen-bond donors (Lipinski definition) is 0. The summed E-state index contributed by atoms with van der Waals surface area (Å²) in [6.07, 6.45) is 5.07. The second-order valence-corrected chi connectivity index (χ2v) is 7.44. The largest absolute Gasteiger partial charge is 0.859 e. The molecule has 2 heterocycles. The van der Waals surface area contributed by atoms with Crippen molar-refractivity contribution >= 4 is 63.8 Å². The van der Waals surface area contributed by atoms with Gasteiger partial charge in [-0.05, 0) is 44.1 Å². The Bertz CT molecular complexity index is 700. The molecule has 0 saturated carbocycles. The number of carbonyl (C=O) groups is 1. The average molecular weight is 358 g/mol. The molecule has 4 nitrogen and oxygen atoms in total. The number of carbonyl (C=O) groups excluding carboxylic acids is 1. The van der Waals surface area contributed by atoms with Gasteiger partial charge >= 0.3 is 0 Å². The predicted molar refractivity (Wildman–Crippen MR) is 93.0 cm³/mol. The lowest BCUT2D eigenvalue weighted by Crippen LogP contribution is -2.27. The van der Waals surface area contributed by atoms with Crippen molar-refractivity contribution in [2.75, 3.05) is 6.54 Å². The molecule has 112 valence electrons. The summed E-state index contributed by atoms with van der Waals surface area (Å²) >= 11 is 12.8. The molecule has 0 unspecified atom stereocenters. The second kappa shape index (κ2) is 6.87. The number of allylic oxidation sites excluding steroid dienone is 2. The number of rotatable bonds is 4. The molecule has 21 heavy (non-hydrogen) atoms. The summed E-state index contributed by atoms with van der Waals surface area (Å²) in [7, 11) is 0. The summed E-state index contributed by atoms with van der Waals surface area (Å²) in [6.45, 7) is 4.90. The molecular weight excluding hydrogens is 344 g/mol. The Balaban J connectivity index is 2.20. The van der Waals surface area contributed by atoms with Gasteiger partial charge in [0.25, 0.3) is 5.91 Å². The van der Waals surface area contributed by atoms with Crippen LogP contribution in [-0.2, 0) is 11.3 Å². The molecule has 0 radical (unpaired) electrons. The number of aromatic nitrogens is 1. The molecule has 1 fully saturated rings. The zero-order valence-electron chi connectivity index (χ0n) is 11.5. The molecule has 2 rings (SSSR count). The first-order valence-corrected chi connectivity index (χ1v) is 8.77. The molecule has 0 N–H and O–H groups in total. The summed E-state index contributed by atoms with van der Waals surface area (Å²) in [5.74, 6) is -0.170. The Labute approximate surface area is 141 Å². The van der Waals surface area contributed by atoms with Crippen LogP contribution in [0.15, 0.2) is 17.1 Å². The van der Waals surface area contributed by atoms with E-state index >= 15 is 0 Å². The zero-order chi connectivity index (χ0) is 15.6. The fraction of sp³-hybridized carbons (Fsp3) is 0.308. The molecule has 1 aliphatic rings. The van der Waals surface area contributed by atoms with Crippen LogP contribution in [0.1, 0.15) is 18.7 Å². The first-order chi connectivity index (χ1) is 9.99. The quantitative estimate of drug-likeness (QED) is 0.612. The van der Waals surface area contributed by atoms with Crippen LogP contribution in [0.5, 0.6) is 5.88 Å². The standard InChI is InChI=1S/C13H14N2O2S4/c1-3-14-10(16)8(20-12(14)18)6-5-7-9-11(17)15(4-2)13(19)21-9/h5-7,16H,3-4H2,1-2H3/p-1/b6-5+,9-7-. The van der Waals surface area contributed by atoms with Gasteiger partial charge < -0.3 is 9.67 Å². The first-order valence-electron chi connectivity index (χ1n) is 6.32. The summed E-state index contributed by atoms with van der Waals surface area (Å²) in [5, 5.41) is 12.0. The van der Waals surface area contributed by atoms with Gasteiger partial charge in [0.05, 0.1) is 4.91 Å². The SMILES string of the molecule is CCN1C(=O)/C(=C/C=C/c2sc(=S)n(CC)c2[O-])SC1=S. The van der Waals surface area contributed by atoms with Gasteiger partial charge in [-0.1, -0.05) is 30.1 Å². The van der Waals surface area contributed by atoms with Gasteiger partial charge in [-0.25, -0.2) is 0 Å². The highest BCUT2D eigenvalue weighted by Crippen LogP contribution is 2.31. The monoisotopic (exact) mass is 357 g/mol. The lowest BCUT2D eigenvalue weighted by Gasteiger charge is -2.09. The molecule has 0 spiro atoms. The third-order valence-electron chi connectivity index (χ3n) is 2.87. The van der Waals surface area contributed by atoms with E-state index in [9.17, 15) is 9.90 Å². The second-order valence-electron chi connectivity index (χ2n) is 4.09. The van der Waals surface area contributed by atoms with Gasteiger partial charge in [-0.2, -0.15) is 0 Å². The summed E-state index contributed by atoms with van der Waals surface area (Å²) < 4.78 is 2.69. The van der Waals surface area contributed by atoms with Crippen LogP contribution in [0.25, 0.3) is 6.08 Å². The minimum atomic E-state index is -0.0849. The van der Waals surface area contributed by atoms with Crippen molar-refractivity contribution in [1.29, 1.82) is 0 Å². The van der Waals surface area contributed by atoms with Crippen LogP contribution >= 0.6 is 47.5 Å². The van der Waals surface area contributed by atoms with E-state index in [4.69, 9.17) is 24.4 Å². The highest BCUT2D eigenvalue weighted by Gasteiger charge is 2.29. The minimum absolute atomic E-state index is 0.0849. The van der Waals surface area contributed by atoms with Crippen LogP contribution in [0, 0.1) is 3.95 Å². The van der Waals surface area contributed by atoms with Crippen LogP contribution in [-0.4, -0.2) is 26.2 Å². The maximum atomic E-state index is 12.0. The smallest absolute Gasteiger partial charge is 0.266 e. The predicted octanol–water partition coefficient (Wildman–Crippen LogP) is 3.15. The third kappa shape index (κ3) is 3.28. The van der Waals surface area contributed by atoms with Crippen LogP contribution in [0.4, 0.5) is 0 Å². The lowest BCUT2D eigenvalue weighted by atomic mass is 10.3. The summed E-state index contributed by atoms with van der Waals surface area (Å²) in [6, 6.07) is 0. The summed E-state index contributed by atoms with van der Waals surface area (Å²) in [4.78, 5) is 14.7. The molecule has 0 aliphatic carbocycles. The first kappa shape index (κ1) is 16.4. The highest BCUT2D eigenvalue weighted by molar-refractivity contribution is 8.26. The number of likely N-dealkylation sites (N-methyl/N-ethyl adjacent to an activating group) is 1. The van der Waals surface area contributed by atoms with Crippen LogP contribution < -0.4 is 5.11 Å². The van der Waals surface area contributed by atoms with E-state index < -0.39 is 0 Å². The zero-order valence-corrected chi connectivity index (χ0v) is 14.8. The van der Waals surface area contributed by atoms with Crippen LogP contribution in [0.2, 0.25) is 0 Å². The Morgan fingerprint density at radius 3 is 2.52 bits per heavy atom. The molecular formula is C13H13N2O2S4-. The Morgan fingerprint density at radius 1 is 1.29 bits per heavy atom. The lowest BCUT2D eigenvalue weighted by molar-refractivity contribution is -0.279. The number of thiocarbonyl (C=S) groups is 1. The van der Waals surface area contributed by atoms with Crippen molar-refractivity contribution in [3.63, 3.8) is 0 Å². The molecule has 1 aromatic heterocycles. The molecule has 0 bridgehead atoms.